The lowest BCUT2D eigenvalue weighted by Gasteiger charge is -2.13. The van der Waals surface area contributed by atoms with Gasteiger partial charge in [0.15, 0.2) is 9.84 Å². The van der Waals surface area contributed by atoms with E-state index in [-0.39, 0.29) is 11.5 Å². The highest BCUT2D eigenvalue weighted by molar-refractivity contribution is 7.91. The SMILES string of the molecule is CCc1ccc(CC(C#N)CS(=O)(=O)CC(C#N)Cc2ccc(CC)cc2)cc1. The van der Waals surface area contributed by atoms with Gasteiger partial charge in [0.05, 0.1) is 35.5 Å². The third-order valence-corrected chi connectivity index (χ3v) is 6.92. The van der Waals surface area contributed by atoms with Crippen molar-refractivity contribution in [1.82, 2.24) is 0 Å². The zero-order valence-corrected chi connectivity index (χ0v) is 18.0. The third-order valence-electron chi connectivity index (χ3n) is 5.10. The summed E-state index contributed by atoms with van der Waals surface area (Å²) in [6.45, 7) is 4.15. The molecule has 0 aliphatic carbocycles. The fourth-order valence-corrected chi connectivity index (χ4v) is 5.10. The molecule has 2 aromatic carbocycles. The summed E-state index contributed by atoms with van der Waals surface area (Å²) in [5.41, 5.74) is 4.33. The van der Waals surface area contributed by atoms with Gasteiger partial charge in [0.1, 0.15) is 0 Å². The predicted molar refractivity (Wildman–Crippen MR) is 116 cm³/mol. The van der Waals surface area contributed by atoms with Crippen LogP contribution in [0.15, 0.2) is 48.5 Å². The largest absolute Gasteiger partial charge is 0.229 e. The Kier molecular flexibility index (Phi) is 8.43. The van der Waals surface area contributed by atoms with Gasteiger partial charge < -0.3 is 0 Å². The number of rotatable bonds is 10. The molecular formula is C24H28N2O2S. The molecule has 0 saturated heterocycles. The molecule has 29 heavy (non-hydrogen) atoms. The van der Waals surface area contributed by atoms with E-state index in [0.717, 1.165) is 24.0 Å². The van der Waals surface area contributed by atoms with Crippen molar-refractivity contribution >= 4 is 9.84 Å². The van der Waals surface area contributed by atoms with Gasteiger partial charge in [-0.05, 0) is 47.9 Å². The summed E-state index contributed by atoms with van der Waals surface area (Å²) in [4.78, 5) is 0. The number of hydrogen-bond donors (Lipinski definition) is 0. The van der Waals surface area contributed by atoms with Gasteiger partial charge in [-0.15, -0.1) is 0 Å². The first-order valence-corrected chi connectivity index (χ1v) is 11.9. The summed E-state index contributed by atoms with van der Waals surface area (Å²) in [7, 11) is -3.52. The lowest BCUT2D eigenvalue weighted by atomic mass is 10.0. The molecule has 0 saturated carbocycles. The monoisotopic (exact) mass is 408 g/mol. The van der Waals surface area contributed by atoms with Gasteiger partial charge in [0.2, 0.25) is 0 Å². The number of sulfone groups is 1. The van der Waals surface area contributed by atoms with Crippen LogP contribution in [0.2, 0.25) is 0 Å². The summed E-state index contributed by atoms with van der Waals surface area (Å²) in [5.74, 6) is -1.66. The van der Waals surface area contributed by atoms with Crippen LogP contribution in [0.25, 0.3) is 0 Å². The van der Waals surface area contributed by atoms with Crippen molar-refractivity contribution in [2.45, 2.75) is 39.5 Å². The van der Waals surface area contributed by atoms with Gasteiger partial charge in [-0.3, -0.25) is 0 Å². The van der Waals surface area contributed by atoms with E-state index in [0.29, 0.717) is 12.8 Å². The zero-order chi connectivity index (χ0) is 21.3. The van der Waals surface area contributed by atoms with Crippen LogP contribution in [0, 0.1) is 34.5 Å². The van der Waals surface area contributed by atoms with Crippen LogP contribution in [0.5, 0.6) is 0 Å². The first-order chi connectivity index (χ1) is 13.9. The van der Waals surface area contributed by atoms with Crippen LogP contribution in [0.4, 0.5) is 0 Å². The van der Waals surface area contributed by atoms with E-state index in [2.05, 4.69) is 26.0 Å². The quantitative estimate of drug-likeness (QED) is 0.587. The molecule has 0 aromatic heterocycles. The van der Waals surface area contributed by atoms with Crippen molar-refractivity contribution in [1.29, 1.82) is 10.5 Å². The van der Waals surface area contributed by atoms with Gasteiger partial charge in [-0.25, -0.2) is 8.42 Å². The maximum atomic E-state index is 12.6. The third kappa shape index (κ3) is 7.37. The first-order valence-electron chi connectivity index (χ1n) is 10.0. The second-order valence-corrected chi connectivity index (χ2v) is 9.63. The highest BCUT2D eigenvalue weighted by Crippen LogP contribution is 2.17. The van der Waals surface area contributed by atoms with Gasteiger partial charge >= 0.3 is 0 Å². The maximum Gasteiger partial charge on any atom is 0.152 e. The van der Waals surface area contributed by atoms with E-state index >= 15 is 0 Å². The molecule has 0 fully saturated rings. The maximum absolute atomic E-state index is 12.6. The van der Waals surface area contributed by atoms with Crippen LogP contribution in [-0.2, 0) is 35.5 Å². The van der Waals surface area contributed by atoms with Crippen molar-refractivity contribution in [3.63, 3.8) is 0 Å². The smallest absolute Gasteiger partial charge is 0.152 e. The molecule has 0 N–H and O–H groups in total. The average molecular weight is 409 g/mol. The minimum Gasteiger partial charge on any atom is -0.229 e. The molecule has 2 aromatic rings. The summed E-state index contributed by atoms with van der Waals surface area (Å²) < 4.78 is 25.3. The molecule has 0 radical (unpaired) electrons. The Balaban J connectivity index is 1.99. The van der Waals surface area contributed by atoms with Gasteiger partial charge in [-0.1, -0.05) is 62.4 Å². The lowest BCUT2D eigenvalue weighted by molar-refractivity contribution is 0.573. The molecule has 0 spiro atoms. The fraction of sp³-hybridized carbons (Fsp3) is 0.417. The number of nitrogens with zero attached hydrogens (tertiary/aromatic N) is 2. The molecule has 0 amide bonds. The van der Waals surface area contributed by atoms with E-state index in [9.17, 15) is 18.9 Å². The Morgan fingerprint density at radius 1 is 0.690 bits per heavy atom. The predicted octanol–water partition coefficient (Wildman–Crippen LogP) is 4.29. The fourth-order valence-electron chi connectivity index (χ4n) is 3.36. The molecule has 0 aliphatic heterocycles. The highest BCUT2D eigenvalue weighted by atomic mass is 32.2. The van der Waals surface area contributed by atoms with E-state index in [4.69, 9.17) is 0 Å². The van der Waals surface area contributed by atoms with Gasteiger partial charge in [0.25, 0.3) is 0 Å². The van der Waals surface area contributed by atoms with Crippen molar-refractivity contribution in [3.8, 4) is 12.1 Å². The lowest BCUT2D eigenvalue weighted by Crippen LogP contribution is -2.24. The second kappa shape index (κ2) is 10.8. The summed E-state index contributed by atoms with van der Waals surface area (Å²) in [6, 6.07) is 20.1. The second-order valence-electron chi connectivity index (χ2n) is 7.48. The Hall–Kier alpha value is -2.63. The van der Waals surface area contributed by atoms with Crippen LogP contribution in [0.1, 0.15) is 36.1 Å². The molecule has 4 nitrogen and oxygen atoms in total. The van der Waals surface area contributed by atoms with E-state index in [1.165, 1.54) is 11.1 Å². The molecule has 0 aliphatic rings. The van der Waals surface area contributed by atoms with Gasteiger partial charge in [-0.2, -0.15) is 10.5 Å². The Morgan fingerprint density at radius 2 is 1.00 bits per heavy atom. The molecular weight excluding hydrogens is 380 g/mol. The normalized spacial score (nSPS) is 13.2. The van der Waals surface area contributed by atoms with Crippen LogP contribution >= 0.6 is 0 Å². The van der Waals surface area contributed by atoms with Crippen LogP contribution in [0.3, 0.4) is 0 Å². The van der Waals surface area contributed by atoms with Crippen LogP contribution < -0.4 is 0 Å². The number of benzene rings is 2. The van der Waals surface area contributed by atoms with Gasteiger partial charge in [0, 0.05) is 0 Å². The van der Waals surface area contributed by atoms with Crippen LogP contribution in [-0.4, -0.2) is 19.9 Å². The Morgan fingerprint density at radius 3 is 1.28 bits per heavy atom. The molecule has 0 heterocycles. The summed E-state index contributed by atoms with van der Waals surface area (Å²) in [5, 5.41) is 18.9. The number of hydrogen-bond acceptors (Lipinski definition) is 4. The Labute approximate surface area is 174 Å². The molecule has 0 bridgehead atoms. The molecule has 152 valence electrons. The minimum absolute atomic E-state index is 0.216. The van der Waals surface area contributed by atoms with E-state index in [1.807, 2.05) is 48.5 Å². The highest BCUT2D eigenvalue weighted by Gasteiger charge is 2.24. The number of aryl methyl sites for hydroxylation is 2. The summed E-state index contributed by atoms with van der Waals surface area (Å²) in [6.07, 6.45) is 2.67. The van der Waals surface area contributed by atoms with Crippen molar-refractivity contribution in [2.24, 2.45) is 11.8 Å². The van der Waals surface area contributed by atoms with E-state index in [1.54, 1.807) is 0 Å². The molecule has 2 unspecified atom stereocenters. The Bertz CT molecular complexity index is 890. The van der Waals surface area contributed by atoms with Crippen molar-refractivity contribution in [2.75, 3.05) is 11.5 Å². The van der Waals surface area contributed by atoms with E-state index < -0.39 is 21.7 Å². The summed E-state index contributed by atoms with van der Waals surface area (Å²) >= 11 is 0. The number of nitriles is 2. The molecule has 2 atom stereocenters. The first kappa shape index (κ1) is 22.7. The average Bonchev–Trinajstić information content (AvgIpc) is 2.73. The topological polar surface area (TPSA) is 81.7 Å². The molecule has 2 rings (SSSR count). The minimum atomic E-state index is -3.52. The molecule has 5 heteroatoms. The zero-order valence-electron chi connectivity index (χ0n) is 17.1. The standard InChI is InChI=1S/C24H28N2O2S/c1-3-19-5-9-21(10-6-19)13-23(15-25)17-29(27,28)18-24(16-26)14-22-11-7-20(4-2)8-12-22/h5-12,23-24H,3-4,13-14,17-18H2,1-2H3. The van der Waals surface area contributed by atoms with Crippen molar-refractivity contribution < 1.29 is 8.42 Å². The van der Waals surface area contributed by atoms with Crippen molar-refractivity contribution in [3.05, 3.63) is 70.8 Å².